The Balaban J connectivity index is 2.99. The summed E-state index contributed by atoms with van der Waals surface area (Å²) in [6.07, 6.45) is 2.41. The molecule has 1 rings (SSSR count). The molecule has 0 aliphatic carbocycles. The Morgan fingerprint density at radius 3 is 1.94 bits per heavy atom. The van der Waals surface area contributed by atoms with Gasteiger partial charge in [0, 0.05) is 0 Å². The highest BCUT2D eigenvalue weighted by Gasteiger charge is 2.28. The minimum absolute atomic E-state index is 1.14. The SMILES string of the molecule is CC[Si](CC)(CC)/C(C)=C\c1ccccc1. The summed E-state index contributed by atoms with van der Waals surface area (Å²) in [6, 6.07) is 14.8. The maximum atomic E-state index is 2.41. The molecule has 0 saturated heterocycles. The third-order valence-electron chi connectivity index (χ3n) is 4.05. The van der Waals surface area contributed by atoms with Crippen LogP contribution in [0, 0.1) is 0 Å². The summed E-state index contributed by atoms with van der Waals surface area (Å²) in [5.74, 6) is 0. The molecule has 0 spiro atoms. The fourth-order valence-corrected chi connectivity index (χ4v) is 6.18. The summed E-state index contributed by atoms with van der Waals surface area (Å²) in [4.78, 5) is 0. The number of rotatable bonds is 5. The molecule has 1 heteroatoms. The molecule has 0 saturated carbocycles. The van der Waals surface area contributed by atoms with Crippen molar-refractivity contribution in [2.45, 2.75) is 45.8 Å². The van der Waals surface area contributed by atoms with Crippen LogP contribution in [0.2, 0.25) is 18.1 Å². The molecule has 0 amide bonds. The first-order valence-electron chi connectivity index (χ1n) is 6.42. The molecule has 0 aromatic heterocycles. The van der Waals surface area contributed by atoms with Gasteiger partial charge in [0.05, 0.1) is 8.07 Å². The zero-order chi connectivity index (χ0) is 12.0. The van der Waals surface area contributed by atoms with E-state index < -0.39 is 8.07 Å². The van der Waals surface area contributed by atoms with E-state index in [1.165, 1.54) is 23.7 Å². The molecule has 0 N–H and O–H groups in total. The van der Waals surface area contributed by atoms with Gasteiger partial charge in [-0.25, -0.2) is 0 Å². The third-order valence-corrected chi connectivity index (χ3v) is 9.93. The quantitative estimate of drug-likeness (QED) is 0.617. The molecule has 0 radical (unpaired) electrons. The lowest BCUT2D eigenvalue weighted by Gasteiger charge is -2.29. The molecular weight excluding hydrogens is 208 g/mol. The summed E-state index contributed by atoms with van der Waals surface area (Å²) in [7, 11) is -1.14. The highest BCUT2D eigenvalue weighted by Crippen LogP contribution is 2.29. The van der Waals surface area contributed by atoms with Gasteiger partial charge in [-0.15, -0.1) is 0 Å². The van der Waals surface area contributed by atoms with Crippen molar-refractivity contribution in [3.8, 4) is 0 Å². The zero-order valence-corrected chi connectivity index (χ0v) is 12.1. The molecule has 1 aromatic rings. The van der Waals surface area contributed by atoms with Crippen LogP contribution in [0.25, 0.3) is 6.08 Å². The molecule has 88 valence electrons. The average Bonchev–Trinajstić information content (AvgIpc) is 2.33. The van der Waals surface area contributed by atoms with Gasteiger partial charge in [-0.2, -0.15) is 0 Å². The van der Waals surface area contributed by atoms with Crippen molar-refractivity contribution in [1.29, 1.82) is 0 Å². The van der Waals surface area contributed by atoms with Crippen molar-refractivity contribution < 1.29 is 0 Å². The predicted molar refractivity (Wildman–Crippen MR) is 77.3 cm³/mol. The second-order valence-electron chi connectivity index (χ2n) is 4.58. The predicted octanol–water partition coefficient (Wildman–Crippen LogP) is 5.14. The normalized spacial score (nSPS) is 12.9. The summed E-state index contributed by atoms with van der Waals surface area (Å²) >= 11 is 0. The van der Waals surface area contributed by atoms with Crippen molar-refractivity contribution in [3.05, 3.63) is 41.1 Å². The highest BCUT2D eigenvalue weighted by molar-refractivity contribution is 6.86. The van der Waals surface area contributed by atoms with Gasteiger partial charge < -0.3 is 0 Å². The maximum Gasteiger partial charge on any atom is 0.0804 e. The van der Waals surface area contributed by atoms with Crippen molar-refractivity contribution in [2.75, 3.05) is 0 Å². The van der Waals surface area contributed by atoms with Crippen molar-refractivity contribution in [2.24, 2.45) is 0 Å². The summed E-state index contributed by atoms with van der Waals surface area (Å²) in [5, 5.41) is 1.66. The first kappa shape index (κ1) is 13.2. The van der Waals surface area contributed by atoms with Crippen LogP contribution in [-0.2, 0) is 0 Å². The fourth-order valence-electron chi connectivity index (χ4n) is 2.54. The largest absolute Gasteiger partial charge is 0.0827 e. The lowest BCUT2D eigenvalue weighted by molar-refractivity contribution is 1.17. The standard InChI is InChI=1S/C15H24Si/c1-5-16(6-2,7-3)14(4)13-15-11-9-8-10-12-15/h8-13H,5-7H2,1-4H3/b14-13-. The van der Waals surface area contributed by atoms with E-state index in [0.29, 0.717) is 0 Å². The highest BCUT2D eigenvalue weighted by atomic mass is 28.3. The lowest BCUT2D eigenvalue weighted by atomic mass is 10.2. The Morgan fingerprint density at radius 1 is 1.00 bits per heavy atom. The summed E-state index contributed by atoms with van der Waals surface area (Å²) in [5.41, 5.74) is 1.35. The molecule has 0 aliphatic rings. The molecule has 0 aliphatic heterocycles. The maximum absolute atomic E-state index is 2.41. The van der Waals surface area contributed by atoms with E-state index in [0.717, 1.165) is 0 Å². The molecule has 0 bridgehead atoms. The van der Waals surface area contributed by atoms with Gasteiger partial charge in [-0.1, -0.05) is 80.5 Å². The molecule has 0 unspecified atom stereocenters. The van der Waals surface area contributed by atoms with Crippen LogP contribution in [-0.4, -0.2) is 8.07 Å². The van der Waals surface area contributed by atoms with Gasteiger partial charge in [-0.05, 0) is 12.5 Å². The van der Waals surface area contributed by atoms with Crippen LogP contribution >= 0.6 is 0 Å². The van der Waals surface area contributed by atoms with Crippen LogP contribution in [0.1, 0.15) is 33.3 Å². The van der Waals surface area contributed by atoms with Crippen LogP contribution in [0.3, 0.4) is 0 Å². The van der Waals surface area contributed by atoms with Crippen molar-refractivity contribution in [1.82, 2.24) is 0 Å². The van der Waals surface area contributed by atoms with Crippen LogP contribution in [0.4, 0.5) is 0 Å². The van der Waals surface area contributed by atoms with Crippen LogP contribution in [0.15, 0.2) is 35.5 Å². The van der Waals surface area contributed by atoms with Gasteiger partial charge in [-0.3, -0.25) is 0 Å². The first-order chi connectivity index (χ1) is 7.68. The van der Waals surface area contributed by atoms with E-state index in [4.69, 9.17) is 0 Å². The number of allylic oxidation sites excluding steroid dienone is 1. The summed E-state index contributed by atoms with van der Waals surface area (Å²) < 4.78 is 0. The Kier molecular flexibility index (Phi) is 5.00. The lowest BCUT2D eigenvalue weighted by Crippen LogP contribution is -2.33. The molecule has 0 fully saturated rings. The van der Waals surface area contributed by atoms with E-state index >= 15 is 0 Å². The van der Waals surface area contributed by atoms with Gasteiger partial charge in [0.1, 0.15) is 0 Å². The molecule has 0 atom stereocenters. The minimum Gasteiger partial charge on any atom is -0.0827 e. The number of hydrogen-bond acceptors (Lipinski definition) is 0. The van der Waals surface area contributed by atoms with Gasteiger partial charge in [0.25, 0.3) is 0 Å². The Bertz CT molecular complexity index is 325. The van der Waals surface area contributed by atoms with Gasteiger partial charge in [0.15, 0.2) is 0 Å². The molecule has 0 heterocycles. The minimum atomic E-state index is -1.14. The van der Waals surface area contributed by atoms with Crippen LogP contribution < -0.4 is 0 Å². The van der Waals surface area contributed by atoms with E-state index in [-0.39, 0.29) is 0 Å². The van der Waals surface area contributed by atoms with Gasteiger partial charge in [0.2, 0.25) is 0 Å². The zero-order valence-electron chi connectivity index (χ0n) is 11.1. The summed E-state index contributed by atoms with van der Waals surface area (Å²) in [6.45, 7) is 9.43. The fraction of sp³-hybridized carbons (Fsp3) is 0.467. The van der Waals surface area contributed by atoms with Crippen molar-refractivity contribution >= 4 is 14.1 Å². The van der Waals surface area contributed by atoms with E-state index in [9.17, 15) is 0 Å². The molecule has 1 aromatic carbocycles. The van der Waals surface area contributed by atoms with E-state index in [1.54, 1.807) is 5.20 Å². The first-order valence-corrected chi connectivity index (χ1v) is 9.04. The Morgan fingerprint density at radius 2 is 1.50 bits per heavy atom. The second kappa shape index (κ2) is 6.05. The molecular formula is C15H24Si. The van der Waals surface area contributed by atoms with Crippen LogP contribution in [0.5, 0.6) is 0 Å². The molecule has 16 heavy (non-hydrogen) atoms. The Hall–Kier alpha value is -0.823. The molecule has 0 nitrogen and oxygen atoms in total. The van der Waals surface area contributed by atoms with Crippen molar-refractivity contribution in [3.63, 3.8) is 0 Å². The number of hydrogen-bond donors (Lipinski definition) is 0. The van der Waals surface area contributed by atoms with E-state index in [1.807, 2.05) is 0 Å². The Labute approximate surface area is 101 Å². The smallest absolute Gasteiger partial charge is 0.0804 e. The number of benzene rings is 1. The topological polar surface area (TPSA) is 0 Å². The van der Waals surface area contributed by atoms with E-state index in [2.05, 4.69) is 64.1 Å². The second-order valence-corrected chi connectivity index (χ2v) is 10.0. The van der Waals surface area contributed by atoms with Gasteiger partial charge >= 0.3 is 0 Å². The monoisotopic (exact) mass is 232 g/mol. The average molecular weight is 232 g/mol. The third kappa shape index (κ3) is 2.85.